The summed E-state index contributed by atoms with van der Waals surface area (Å²) in [7, 11) is 0. The lowest BCUT2D eigenvalue weighted by Gasteiger charge is -2.30. The van der Waals surface area contributed by atoms with Crippen molar-refractivity contribution in [3.05, 3.63) is 25.3 Å². The standard InChI is InChI=1S/C12H22N2/c1-3-9-14(10-4-2)11-12(13)7-5-6-8-12/h3-4H,1-2,5-11,13H2. The monoisotopic (exact) mass is 194 g/mol. The molecule has 14 heavy (non-hydrogen) atoms. The van der Waals surface area contributed by atoms with Gasteiger partial charge in [0.2, 0.25) is 0 Å². The van der Waals surface area contributed by atoms with Gasteiger partial charge in [-0.3, -0.25) is 4.90 Å². The maximum atomic E-state index is 6.31. The molecule has 0 spiro atoms. The van der Waals surface area contributed by atoms with E-state index in [9.17, 15) is 0 Å². The molecule has 0 heterocycles. The van der Waals surface area contributed by atoms with Gasteiger partial charge in [0.1, 0.15) is 0 Å². The fourth-order valence-electron chi connectivity index (χ4n) is 2.25. The molecule has 1 fully saturated rings. The van der Waals surface area contributed by atoms with E-state index in [4.69, 9.17) is 5.73 Å². The van der Waals surface area contributed by atoms with Crippen molar-refractivity contribution in [3.63, 3.8) is 0 Å². The normalized spacial score (nSPS) is 19.9. The van der Waals surface area contributed by atoms with Gasteiger partial charge in [-0.1, -0.05) is 25.0 Å². The predicted octanol–water partition coefficient (Wildman–Crippen LogP) is 1.93. The summed E-state index contributed by atoms with van der Waals surface area (Å²) in [6, 6.07) is 0. The number of hydrogen-bond donors (Lipinski definition) is 1. The minimum absolute atomic E-state index is 0.0476. The fraction of sp³-hybridized carbons (Fsp3) is 0.667. The van der Waals surface area contributed by atoms with E-state index in [-0.39, 0.29) is 5.54 Å². The average Bonchev–Trinajstić information content (AvgIpc) is 2.53. The molecule has 0 aromatic heterocycles. The summed E-state index contributed by atoms with van der Waals surface area (Å²) in [4.78, 5) is 2.31. The lowest BCUT2D eigenvalue weighted by Crippen LogP contribution is -2.48. The minimum Gasteiger partial charge on any atom is -0.324 e. The maximum absolute atomic E-state index is 6.31. The zero-order chi connectivity index (χ0) is 10.4. The summed E-state index contributed by atoms with van der Waals surface area (Å²) < 4.78 is 0. The second kappa shape index (κ2) is 5.32. The van der Waals surface area contributed by atoms with Gasteiger partial charge >= 0.3 is 0 Å². The number of hydrogen-bond acceptors (Lipinski definition) is 2. The zero-order valence-electron chi connectivity index (χ0n) is 9.04. The van der Waals surface area contributed by atoms with Crippen LogP contribution in [0.15, 0.2) is 25.3 Å². The molecular weight excluding hydrogens is 172 g/mol. The van der Waals surface area contributed by atoms with Crippen molar-refractivity contribution in [2.45, 2.75) is 31.2 Å². The zero-order valence-corrected chi connectivity index (χ0v) is 9.04. The van der Waals surface area contributed by atoms with Crippen molar-refractivity contribution in [1.82, 2.24) is 4.90 Å². The van der Waals surface area contributed by atoms with E-state index in [1.165, 1.54) is 12.8 Å². The molecule has 2 N–H and O–H groups in total. The molecule has 0 aliphatic heterocycles. The smallest absolute Gasteiger partial charge is 0.0283 e. The van der Waals surface area contributed by atoms with Crippen LogP contribution in [0, 0.1) is 0 Å². The molecule has 80 valence electrons. The Labute approximate surface area is 87.5 Å². The van der Waals surface area contributed by atoms with Crippen LogP contribution in [-0.4, -0.2) is 30.1 Å². The lowest BCUT2D eigenvalue weighted by molar-refractivity contribution is 0.246. The van der Waals surface area contributed by atoms with Crippen LogP contribution >= 0.6 is 0 Å². The van der Waals surface area contributed by atoms with E-state index in [2.05, 4.69) is 18.1 Å². The Hall–Kier alpha value is -0.600. The Balaban J connectivity index is 2.43. The molecule has 0 amide bonds. The van der Waals surface area contributed by atoms with Crippen molar-refractivity contribution in [2.24, 2.45) is 5.73 Å². The predicted molar refractivity (Wildman–Crippen MR) is 62.2 cm³/mol. The summed E-state index contributed by atoms with van der Waals surface area (Å²) in [6.45, 7) is 10.3. The summed E-state index contributed by atoms with van der Waals surface area (Å²) in [5.74, 6) is 0. The van der Waals surface area contributed by atoms with Gasteiger partial charge in [0.15, 0.2) is 0 Å². The van der Waals surface area contributed by atoms with Gasteiger partial charge in [0.05, 0.1) is 0 Å². The third kappa shape index (κ3) is 3.28. The van der Waals surface area contributed by atoms with Crippen LogP contribution in [-0.2, 0) is 0 Å². The Kier molecular flexibility index (Phi) is 4.36. The highest BCUT2D eigenvalue weighted by Crippen LogP contribution is 2.27. The highest BCUT2D eigenvalue weighted by atomic mass is 15.1. The Morgan fingerprint density at radius 2 is 1.64 bits per heavy atom. The van der Waals surface area contributed by atoms with E-state index in [0.29, 0.717) is 0 Å². The van der Waals surface area contributed by atoms with Crippen molar-refractivity contribution in [3.8, 4) is 0 Å². The molecule has 0 atom stereocenters. The topological polar surface area (TPSA) is 29.3 Å². The van der Waals surface area contributed by atoms with Gasteiger partial charge in [0, 0.05) is 25.2 Å². The first-order valence-corrected chi connectivity index (χ1v) is 5.43. The Morgan fingerprint density at radius 1 is 1.14 bits per heavy atom. The Bertz CT molecular complexity index is 182. The molecule has 0 aromatic carbocycles. The number of nitrogens with zero attached hydrogens (tertiary/aromatic N) is 1. The van der Waals surface area contributed by atoms with Crippen LogP contribution in [0.3, 0.4) is 0 Å². The first-order valence-electron chi connectivity index (χ1n) is 5.43. The second-order valence-corrected chi connectivity index (χ2v) is 4.34. The van der Waals surface area contributed by atoms with Crippen molar-refractivity contribution < 1.29 is 0 Å². The third-order valence-corrected chi connectivity index (χ3v) is 2.91. The quantitative estimate of drug-likeness (QED) is 0.655. The van der Waals surface area contributed by atoms with Gasteiger partial charge in [-0.05, 0) is 12.8 Å². The van der Waals surface area contributed by atoms with E-state index in [1.54, 1.807) is 0 Å². The molecule has 1 rings (SSSR count). The van der Waals surface area contributed by atoms with E-state index in [0.717, 1.165) is 32.5 Å². The van der Waals surface area contributed by atoms with Crippen molar-refractivity contribution in [1.29, 1.82) is 0 Å². The minimum atomic E-state index is 0.0476. The van der Waals surface area contributed by atoms with E-state index >= 15 is 0 Å². The lowest BCUT2D eigenvalue weighted by atomic mass is 9.98. The first kappa shape index (κ1) is 11.5. The summed E-state index contributed by atoms with van der Waals surface area (Å²) in [6.07, 6.45) is 8.76. The van der Waals surface area contributed by atoms with Crippen molar-refractivity contribution >= 4 is 0 Å². The molecular formula is C12H22N2. The van der Waals surface area contributed by atoms with Crippen LogP contribution in [0.5, 0.6) is 0 Å². The van der Waals surface area contributed by atoms with Gasteiger partial charge < -0.3 is 5.73 Å². The summed E-state index contributed by atoms with van der Waals surface area (Å²) in [5, 5.41) is 0. The highest BCUT2D eigenvalue weighted by Gasteiger charge is 2.30. The maximum Gasteiger partial charge on any atom is 0.0283 e. The molecule has 0 saturated heterocycles. The van der Waals surface area contributed by atoms with Crippen LogP contribution < -0.4 is 5.73 Å². The van der Waals surface area contributed by atoms with Gasteiger partial charge in [0.25, 0.3) is 0 Å². The largest absolute Gasteiger partial charge is 0.324 e. The Morgan fingerprint density at radius 3 is 2.07 bits per heavy atom. The summed E-state index contributed by atoms with van der Waals surface area (Å²) >= 11 is 0. The van der Waals surface area contributed by atoms with E-state index in [1.807, 2.05) is 12.2 Å². The molecule has 0 aromatic rings. The van der Waals surface area contributed by atoms with E-state index < -0.39 is 0 Å². The van der Waals surface area contributed by atoms with Crippen LogP contribution in [0.2, 0.25) is 0 Å². The van der Waals surface area contributed by atoms with Gasteiger partial charge in [-0.15, -0.1) is 13.2 Å². The van der Waals surface area contributed by atoms with Crippen LogP contribution in [0.1, 0.15) is 25.7 Å². The highest BCUT2D eigenvalue weighted by molar-refractivity contribution is 4.94. The SMILES string of the molecule is C=CCN(CC=C)CC1(N)CCCC1. The van der Waals surface area contributed by atoms with Crippen molar-refractivity contribution in [2.75, 3.05) is 19.6 Å². The molecule has 0 unspecified atom stereocenters. The van der Waals surface area contributed by atoms with Crippen LogP contribution in [0.4, 0.5) is 0 Å². The molecule has 2 heteroatoms. The molecule has 2 nitrogen and oxygen atoms in total. The van der Waals surface area contributed by atoms with Gasteiger partial charge in [-0.25, -0.2) is 0 Å². The number of nitrogens with two attached hydrogens (primary N) is 1. The van der Waals surface area contributed by atoms with Crippen LogP contribution in [0.25, 0.3) is 0 Å². The average molecular weight is 194 g/mol. The molecule has 1 saturated carbocycles. The second-order valence-electron chi connectivity index (χ2n) is 4.34. The molecule has 1 aliphatic carbocycles. The summed E-state index contributed by atoms with van der Waals surface area (Å²) in [5.41, 5.74) is 6.36. The molecule has 0 radical (unpaired) electrons. The number of rotatable bonds is 6. The van der Waals surface area contributed by atoms with Gasteiger partial charge in [-0.2, -0.15) is 0 Å². The third-order valence-electron chi connectivity index (χ3n) is 2.91. The first-order chi connectivity index (χ1) is 6.70. The fourth-order valence-corrected chi connectivity index (χ4v) is 2.25. The molecule has 0 bridgehead atoms. The molecule has 1 aliphatic rings.